The van der Waals surface area contributed by atoms with Gasteiger partial charge in [-0.15, -0.1) is 0 Å². The van der Waals surface area contributed by atoms with Crippen molar-refractivity contribution in [3.05, 3.63) is 83.4 Å². The fourth-order valence-corrected chi connectivity index (χ4v) is 2.79. The average Bonchev–Trinajstić information content (AvgIpc) is 3.36. The molecule has 1 aliphatic rings. The lowest BCUT2D eigenvalue weighted by Gasteiger charge is -2.11. The maximum Gasteiger partial charge on any atom is 0.272 e. The molecular weight excluding hydrogens is 372 g/mol. The predicted molar refractivity (Wildman–Crippen MR) is 107 cm³/mol. The number of furan rings is 1. The van der Waals surface area contributed by atoms with Gasteiger partial charge in [-0.05, 0) is 43.3 Å². The molecule has 2 N–H and O–H groups in total. The number of hydrogen-bond acceptors (Lipinski definition) is 5. The first-order valence-corrected chi connectivity index (χ1v) is 8.94. The van der Waals surface area contributed by atoms with Gasteiger partial charge in [0.25, 0.3) is 11.8 Å². The standard InChI is InChI=1S/C22H18N2O5/c1-14-7-9-17(29-14)12-18(24-21(25)15-5-3-2-4-6-15)22(26)23-16-8-10-19-20(11-16)28-13-27-19/h2-12H,13H2,1H3,(H,23,26)(H,24,25)/b18-12-. The summed E-state index contributed by atoms with van der Waals surface area (Å²) in [6.07, 6.45) is 1.48. The molecule has 0 unspecified atom stereocenters. The molecule has 0 bridgehead atoms. The molecule has 0 aliphatic carbocycles. The van der Waals surface area contributed by atoms with Crippen molar-refractivity contribution < 1.29 is 23.5 Å². The first-order valence-electron chi connectivity index (χ1n) is 8.94. The Labute approximate surface area is 166 Å². The van der Waals surface area contributed by atoms with E-state index < -0.39 is 11.8 Å². The van der Waals surface area contributed by atoms with Crippen LogP contribution in [0.1, 0.15) is 21.9 Å². The summed E-state index contributed by atoms with van der Waals surface area (Å²) in [6.45, 7) is 1.94. The van der Waals surface area contributed by atoms with E-state index in [9.17, 15) is 9.59 Å². The van der Waals surface area contributed by atoms with Crippen molar-refractivity contribution in [1.82, 2.24) is 5.32 Å². The van der Waals surface area contributed by atoms with Gasteiger partial charge in [-0.2, -0.15) is 0 Å². The van der Waals surface area contributed by atoms with Gasteiger partial charge in [-0.1, -0.05) is 18.2 Å². The summed E-state index contributed by atoms with van der Waals surface area (Å²) in [4.78, 5) is 25.4. The number of aryl methyl sites for hydroxylation is 1. The zero-order valence-corrected chi connectivity index (χ0v) is 15.6. The summed E-state index contributed by atoms with van der Waals surface area (Å²) in [5.41, 5.74) is 0.991. The molecule has 2 aromatic carbocycles. The zero-order valence-electron chi connectivity index (χ0n) is 15.6. The second-order valence-corrected chi connectivity index (χ2v) is 6.35. The van der Waals surface area contributed by atoms with Gasteiger partial charge < -0.3 is 24.5 Å². The summed E-state index contributed by atoms with van der Waals surface area (Å²) in [7, 11) is 0. The molecular formula is C22H18N2O5. The van der Waals surface area contributed by atoms with Crippen LogP contribution in [0.15, 0.2) is 70.8 Å². The van der Waals surface area contributed by atoms with E-state index in [2.05, 4.69) is 10.6 Å². The normalized spacial score (nSPS) is 12.5. The molecule has 0 spiro atoms. The minimum atomic E-state index is -0.498. The van der Waals surface area contributed by atoms with Gasteiger partial charge in [0.05, 0.1) is 0 Å². The molecule has 146 valence electrons. The Morgan fingerprint density at radius 1 is 0.966 bits per heavy atom. The first-order chi connectivity index (χ1) is 14.1. The van der Waals surface area contributed by atoms with Crippen molar-refractivity contribution in [2.24, 2.45) is 0 Å². The number of benzene rings is 2. The second-order valence-electron chi connectivity index (χ2n) is 6.35. The largest absolute Gasteiger partial charge is 0.462 e. The highest BCUT2D eigenvalue weighted by Gasteiger charge is 2.18. The van der Waals surface area contributed by atoms with Crippen molar-refractivity contribution in [2.45, 2.75) is 6.92 Å². The first kappa shape index (κ1) is 18.4. The van der Waals surface area contributed by atoms with E-state index >= 15 is 0 Å². The highest BCUT2D eigenvalue weighted by Crippen LogP contribution is 2.34. The number of anilines is 1. The van der Waals surface area contributed by atoms with Crippen LogP contribution < -0.4 is 20.1 Å². The van der Waals surface area contributed by atoms with Crippen LogP contribution in [0.5, 0.6) is 11.5 Å². The van der Waals surface area contributed by atoms with Crippen LogP contribution in [0, 0.1) is 6.92 Å². The fraction of sp³-hybridized carbons (Fsp3) is 0.0909. The Bertz CT molecular complexity index is 1090. The molecule has 2 amide bonds. The summed E-state index contributed by atoms with van der Waals surface area (Å²) < 4.78 is 16.1. The van der Waals surface area contributed by atoms with E-state index in [1.807, 2.05) is 6.07 Å². The Morgan fingerprint density at radius 3 is 2.52 bits per heavy atom. The van der Waals surface area contributed by atoms with Crippen LogP contribution in [0.3, 0.4) is 0 Å². The number of carbonyl (C=O) groups excluding carboxylic acids is 2. The summed E-state index contributed by atoms with van der Waals surface area (Å²) in [5.74, 6) is 1.40. The van der Waals surface area contributed by atoms with Gasteiger partial charge in [0, 0.05) is 23.4 Å². The molecule has 7 nitrogen and oxygen atoms in total. The van der Waals surface area contributed by atoms with E-state index in [0.29, 0.717) is 34.3 Å². The Hall–Kier alpha value is -4.00. The number of rotatable bonds is 5. The molecule has 0 saturated carbocycles. The van der Waals surface area contributed by atoms with Crippen LogP contribution in [0.25, 0.3) is 6.08 Å². The molecule has 1 aromatic heterocycles. The van der Waals surface area contributed by atoms with Crippen LogP contribution in [0.4, 0.5) is 5.69 Å². The van der Waals surface area contributed by atoms with Crippen LogP contribution >= 0.6 is 0 Å². The SMILES string of the molecule is Cc1ccc(/C=C(\NC(=O)c2ccccc2)C(=O)Nc2ccc3c(c2)OCO3)o1. The smallest absolute Gasteiger partial charge is 0.272 e. The van der Waals surface area contributed by atoms with Gasteiger partial charge in [0.2, 0.25) is 6.79 Å². The van der Waals surface area contributed by atoms with Gasteiger partial charge >= 0.3 is 0 Å². The van der Waals surface area contributed by atoms with Crippen molar-refractivity contribution in [3.8, 4) is 11.5 Å². The van der Waals surface area contributed by atoms with Crippen molar-refractivity contribution in [3.63, 3.8) is 0 Å². The number of ether oxygens (including phenoxy) is 2. The van der Waals surface area contributed by atoms with Gasteiger partial charge in [-0.3, -0.25) is 9.59 Å². The Kier molecular flexibility index (Phi) is 5.03. The molecule has 0 atom stereocenters. The number of nitrogens with one attached hydrogen (secondary N) is 2. The minimum Gasteiger partial charge on any atom is -0.462 e. The number of amides is 2. The summed E-state index contributed by atoms with van der Waals surface area (Å²) in [6, 6.07) is 17.2. The Balaban J connectivity index is 1.58. The molecule has 29 heavy (non-hydrogen) atoms. The highest BCUT2D eigenvalue weighted by molar-refractivity contribution is 6.10. The van der Waals surface area contributed by atoms with Crippen molar-refractivity contribution in [1.29, 1.82) is 0 Å². The molecule has 3 aromatic rings. The lowest BCUT2D eigenvalue weighted by Crippen LogP contribution is -2.30. The maximum atomic E-state index is 12.9. The summed E-state index contributed by atoms with van der Waals surface area (Å²) >= 11 is 0. The minimum absolute atomic E-state index is 0.0471. The van der Waals surface area contributed by atoms with Crippen molar-refractivity contribution >= 4 is 23.6 Å². The summed E-state index contributed by atoms with van der Waals surface area (Å²) in [5, 5.41) is 5.41. The Morgan fingerprint density at radius 2 is 1.76 bits per heavy atom. The predicted octanol–water partition coefficient (Wildman–Crippen LogP) is 3.73. The highest BCUT2D eigenvalue weighted by atomic mass is 16.7. The molecule has 0 fully saturated rings. The van der Waals surface area contributed by atoms with E-state index in [1.54, 1.807) is 61.5 Å². The van der Waals surface area contributed by atoms with E-state index in [4.69, 9.17) is 13.9 Å². The lowest BCUT2D eigenvalue weighted by molar-refractivity contribution is -0.113. The number of carbonyl (C=O) groups is 2. The molecule has 7 heteroatoms. The third-order valence-electron chi connectivity index (χ3n) is 4.21. The second kappa shape index (κ2) is 7.93. The molecule has 0 radical (unpaired) electrons. The van der Waals surface area contributed by atoms with Gasteiger partial charge in [0.15, 0.2) is 11.5 Å². The van der Waals surface area contributed by atoms with Crippen LogP contribution in [-0.2, 0) is 4.79 Å². The average molecular weight is 390 g/mol. The fourth-order valence-electron chi connectivity index (χ4n) is 2.79. The van der Waals surface area contributed by atoms with Crippen molar-refractivity contribution in [2.75, 3.05) is 12.1 Å². The molecule has 4 rings (SSSR count). The quantitative estimate of drug-likeness (QED) is 0.648. The van der Waals surface area contributed by atoms with E-state index in [-0.39, 0.29) is 12.5 Å². The number of fused-ring (bicyclic) bond motifs is 1. The van der Waals surface area contributed by atoms with E-state index in [1.165, 1.54) is 6.08 Å². The number of hydrogen-bond donors (Lipinski definition) is 2. The molecule has 2 heterocycles. The molecule has 0 saturated heterocycles. The zero-order chi connectivity index (χ0) is 20.2. The van der Waals surface area contributed by atoms with Gasteiger partial charge in [0.1, 0.15) is 17.2 Å². The van der Waals surface area contributed by atoms with Crippen LogP contribution in [0.2, 0.25) is 0 Å². The van der Waals surface area contributed by atoms with Crippen LogP contribution in [-0.4, -0.2) is 18.6 Å². The lowest BCUT2D eigenvalue weighted by atomic mass is 10.2. The monoisotopic (exact) mass is 390 g/mol. The third kappa shape index (κ3) is 4.30. The topological polar surface area (TPSA) is 89.8 Å². The van der Waals surface area contributed by atoms with Gasteiger partial charge in [-0.25, -0.2) is 0 Å². The maximum absolute atomic E-state index is 12.9. The van der Waals surface area contributed by atoms with E-state index in [0.717, 1.165) is 0 Å². The molecule has 1 aliphatic heterocycles. The third-order valence-corrected chi connectivity index (χ3v) is 4.21.